The maximum atomic E-state index is 12.7. The van der Waals surface area contributed by atoms with Gasteiger partial charge in [-0.15, -0.1) is 0 Å². The number of hydrogen-bond donors (Lipinski definition) is 1. The van der Waals surface area contributed by atoms with E-state index < -0.39 is 10.0 Å². The van der Waals surface area contributed by atoms with Crippen molar-refractivity contribution in [1.82, 2.24) is 9.62 Å². The molecular formula is C27H30N2O5S. The van der Waals surface area contributed by atoms with Crippen molar-refractivity contribution in [2.75, 3.05) is 26.3 Å². The maximum Gasteiger partial charge on any atom is 0.243 e. The van der Waals surface area contributed by atoms with Crippen molar-refractivity contribution in [2.24, 2.45) is 0 Å². The van der Waals surface area contributed by atoms with E-state index in [1.54, 1.807) is 24.3 Å². The van der Waals surface area contributed by atoms with E-state index in [9.17, 15) is 13.2 Å². The van der Waals surface area contributed by atoms with Crippen molar-refractivity contribution in [1.29, 1.82) is 0 Å². The molecular weight excluding hydrogens is 464 g/mol. The maximum absolute atomic E-state index is 12.7. The molecule has 3 aromatic rings. The van der Waals surface area contributed by atoms with Gasteiger partial charge < -0.3 is 14.8 Å². The highest BCUT2D eigenvalue weighted by Gasteiger charge is 2.26. The van der Waals surface area contributed by atoms with Gasteiger partial charge in [-0.25, -0.2) is 8.42 Å². The SMILES string of the molecule is O=C(CCc1ccc(S(=O)(=O)N2CCOCC2)cc1)NCc1ccccc1OCc1ccccc1. The van der Waals surface area contributed by atoms with Crippen LogP contribution in [0.5, 0.6) is 5.75 Å². The molecule has 35 heavy (non-hydrogen) atoms. The molecule has 0 saturated carbocycles. The second-order valence-corrected chi connectivity index (χ2v) is 10.3. The molecule has 1 saturated heterocycles. The van der Waals surface area contributed by atoms with Gasteiger partial charge in [-0.05, 0) is 35.7 Å². The van der Waals surface area contributed by atoms with E-state index in [1.807, 2.05) is 54.6 Å². The Bertz CT molecular complexity index is 1210. The van der Waals surface area contributed by atoms with E-state index in [1.165, 1.54) is 4.31 Å². The molecule has 0 radical (unpaired) electrons. The lowest BCUT2D eigenvalue weighted by Gasteiger charge is -2.26. The molecule has 3 aromatic carbocycles. The number of nitrogens with one attached hydrogen (secondary N) is 1. The van der Waals surface area contributed by atoms with Crippen LogP contribution in [0.25, 0.3) is 0 Å². The second kappa shape index (κ2) is 12.0. The zero-order valence-electron chi connectivity index (χ0n) is 19.6. The van der Waals surface area contributed by atoms with Crippen LogP contribution in [0.4, 0.5) is 0 Å². The molecule has 184 valence electrons. The molecule has 1 aliphatic rings. The molecule has 0 spiro atoms. The Morgan fingerprint density at radius 1 is 0.886 bits per heavy atom. The lowest BCUT2D eigenvalue weighted by molar-refractivity contribution is -0.121. The van der Waals surface area contributed by atoms with Gasteiger partial charge in [-0.2, -0.15) is 4.31 Å². The molecule has 1 amide bonds. The Morgan fingerprint density at radius 2 is 1.57 bits per heavy atom. The zero-order chi connectivity index (χ0) is 24.5. The molecule has 0 aromatic heterocycles. The number of sulfonamides is 1. The number of carbonyl (C=O) groups excluding carboxylic acids is 1. The van der Waals surface area contributed by atoms with Crippen molar-refractivity contribution < 1.29 is 22.7 Å². The molecule has 0 bridgehead atoms. The lowest BCUT2D eigenvalue weighted by atomic mass is 10.1. The molecule has 1 fully saturated rings. The molecule has 1 N–H and O–H groups in total. The Kier molecular flexibility index (Phi) is 8.52. The summed E-state index contributed by atoms with van der Waals surface area (Å²) in [5.74, 6) is 0.668. The summed E-state index contributed by atoms with van der Waals surface area (Å²) in [6, 6.07) is 24.4. The molecule has 7 nitrogen and oxygen atoms in total. The van der Waals surface area contributed by atoms with E-state index >= 15 is 0 Å². The van der Waals surface area contributed by atoms with Crippen LogP contribution in [-0.4, -0.2) is 44.9 Å². The van der Waals surface area contributed by atoms with Crippen LogP contribution in [0.15, 0.2) is 83.8 Å². The summed E-state index contributed by atoms with van der Waals surface area (Å²) in [4.78, 5) is 12.7. The van der Waals surface area contributed by atoms with Crippen LogP contribution in [0.3, 0.4) is 0 Å². The fraction of sp³-hybridized carbons (Fsp3) is 0.296. The number of aryl methyl sites for hydroxylation is 1. The third kappa shape index (κ3) is 6.91. The highest BCUT2D eigenvalue weighted by molar-refractivity contribution is 7.89. The van der Waals surface area contributed by atoms with E-state index in [-0.39, 0.29) is 10.8 Å². The van der Waals surface area contributed by atoms with Crippen molar-refractivity contribution in [2.45, 2.75) is 30.9 Å². The third-order valence-corrected chi connectivity index (χ3v) is 7.77. The van der Waals surface area contributed by atoms with Gasteiger partial charge in [0.2, 0.25) is 15.9 Å². The fourth-order valence-corrected chi connectivity index (χ4v) is 5.24. The van der Waals surface area contributed by atoms with E-state index in [2.05, 4.69) is 5.32 Å². The van der Waals surface area contributed by atoms with Crippen LogP contribution >= 0.6 is 0 Å². The van der Waals surface area contributed by atoms with Crippen LogP contribution in [0, 0.1) is 0 Å². The van der Waals surface area contributed by atoms with Crippen molar-refractivity contribution in [3.8, 4) is 5.75 Å². The Balaban J connectivity index is 1.26. The summed E-state index contributed by atoms with van der Waals surface area (Å²) in [5.41, 5.74) is 2.90. The molecule has 0 atom stereocenters. The number of hydrogen-bond acceptors (Lipinski definition) is 5. The minimum absolute atomic E-state index is 0.0760. The molecule has 1 aliphatic heterocycles. The number of benzene rings is 3. The molecule has 1 heterocycles. The molecule has 0 aliphatic carbocycles. The first-order valence-corrected chi connectivity index (χ1v) is 13.1. The van der Waals surface area contributed by atoms with Gasteiger partial charge >= 0.3 is 0 Å². The summed E-state index contributed by atoms with van der Waals surface area (Å²) in [6.07, 6.45) is 0.832. The number of morpholine rings is 1. The Labute approximate surface area is 206 Å². The topological polar surface area (TPSA) is 84.9 Å². The van der Waals surface area contributed by atoms with E-state index in [0.29, 0.717) is 52.3 Å². The predicted molar refractivity (Wildman–Crippen MR) is 133 cm³/mol. The van der Waals surface area contributed by atoms with E-state index in [4.69, 9.17) is 9.47 Å². The number of amides is 1. The molecule has 0 unspecified atom stereocenters. The van der Waals surface area contributed by atoms with Gasteiger partial charge in [0.25, 0.3) is 0 Å². The average molecular weight is 495 g/mol. The summed E-state index contributed by atoms with van der Waals surface area (Å²) >= 11 is 0. The van der Waals surface area contributed by atoms with E-state index in [0.717, 1.165) is 22.4 Å². The summed E-state index contributed by atoms with van der Waals surface area (Å²) < 4.78 is 38.1. The minimum atomic E-state index is -3.51. The summed E-state index contributed by atoms with van der Waals surface area (Å²) in [5, 5.41) is 2.95. The minimum Gasteiger partial charge on any atom is -0.489 e. The summed E-state index contributed by atoms with van der Waals surface area (Å²) in [7, 11) is -3.51. The Morgan fingerprint density at radius 3 is 2.31 bits per heavy atom. The normalized spacial score (nSPS) is 14.4. The first-order chi connectivity index (χ1) is 17.0. The molecule has 4 rings (SSSR count). The smallest absolute Gasteiger partial charge is 0.243 e. The summed E-state index contributed by atoms with van der Waals surface area (Å²) in [6.45, 7) is 2.39. The third-order valence-electron chi connectivity index (χ3n) is 5.86. The van der Waals surface area contributed by atoms with Crippen molar-refractivity contribution >= 4 is 15.9 Å². The number of nitrogens with zero attached hydrogens (tertiary/aromatic N) is 1. The van der Waals surface area contributed by atoms with Gasteiger partial charge in [0.1, 0.15) is 12.4 Å². The van der Waals surface area contributed by atoms with Gasteiger partial charge in [0.15, 0.2) is 0 Å². The largest absolute Gasteiger partial charge is 0.489 e. The first-order valence-electron chi connectivity index (χ1n) is 11.7. The number of carbonyl (C=O) groups is 1. The second-order valence-electron chi connectivity index (χ2n) is 8.32. The lowest BCUT2D eigenvalue weighted by Crippen LogP contribution is -2.40. The predicted octanol–water partition coefficient (Wildman–Crippen LogP) is 3.54. The van der Waals surface area contributed by atoms with Gasteiger partial charge in [0, 0.05) is 31.6 Å². The monoisotopic (exact) mass is 494 g/mol. The van der Waals surface area contributed by atoms with Gasteiger partial charge in [0.05, 0.1) is 18.1 Å². The average Bonchev–Trinajstić information content (AvgIpc) is 2.91. The fourth-order valence-electron chi connectivity index (χ4n) is 3.83. The first kappa shape index (κ1) is 24.9. The van der Waals surface area contributed by atoms with Gasteiger partial charge in [-0.3, -0.25) is 4.79 Å². The molecule has 8 heteroatoms. The van der Waals surface area contributed by atoms with Crippen LogP contribution < -0.4 is 10.1 Å². The highest BCUT2D eigenvalue weighted by Crippen LogP contribution is 2.20. The van der Waals surface area contributed by atoms with Crippen LogP contribution in [0.1, 0.15) is 23.1 Å². The quantitative estimate of drug-likeness (QED) is 0.466. The van der Waals surface area contributed by atoms with Crippen molar-refractivity contribution in [3.63, 3.8) is 0 Å². The van der Waals surface area contributed by atoms with Gasteiger partial charge in [-0.1, -0.05) is 60.7 Å². The van der Waals surface area contributed by atoms with Crippen LogP contribution in [0.2, 0.25) is 0 Å². The number of para-hydroxylation sites is 1. The number of ether oxygens (including phenoxy) is 2. The van der Waals surface area contributed by atoms with Crippen molar-refractivity contribution in [3.05, 3.63) is 95.6 Å². The standard InChI is InChI=1S/C27H30N2O5S/c30-27(28-20-24-8-4-5-9-26(24)34-21-23-6-2-1-3-7-23)15-12-22-10-13-25(14-11-22)35(31,32)29-16-18-33-19-17-29/h1-11,13-14H,12,15-21H2,(H,28,30). The van der Waals surface area contributed by atoms with Crippen LogP contribution in [-0.2, 0) is 39.1 Å². The number of rotatable bonds is 10. The highest BCUT2D eigenvalue weighted by atomic mass is 32.2. The Hall–Kier alpha value is -3.20. The zero-order valence-corrected chi connectivity index (χ0v) is 20.4.